The van der Waals surface area contributed by atoms with E-state index in [9.17, 15) is 39.0 Å². The zero-order valence-electron chi connectivity index (χ0n) is 26.2. The molecular weight excluding hydrogens is 668 g/mol. The van der Waals surface area contributed by atoms with E-state index in [4.69, 9.17) is 10.2 Å². The third-order valence-corrected chi connectivity index (χ3v) is 8.49. The molecule has 4 amide bonds. The minimum absolute atomic E-state index is 0.0316. The first-order valence-electron chi connectivity index (χ1n) is 14.7. The van der Waals surface area contributed by atoms with Gasteiger partial charge in [0.25, 0.3) is 0 Å². The smallest absolute Gasteiger partial charge is 0.405 e. The van der Waals surface area contributed by atoms with E-state index in [2.05, 4.69) is 31.9 Å². The number of benzene rings is 2. The van der Waals surface area contributed by atoms with Crippen LogP contribution >= 0.6 is 23.5 Å². The molecule has 0 radical (unpaired) electrons. The van der Waals surface area contributed by atoms with Crippen LogP contribution in [0, 0.1) is 0 Å². The average molecular weight is 707 g/mol. The molecule has 3 rings (SSSR count). The van der Waals surface area contributed by atoms with E-state index in [0.29, 0.717) is 11.5 Å². The molecular formula is C30H38N6O10S2. The van der Waals surface area contributed by atoms with E-state index in [-0.39, 0.29) is 72.6 Å². The Morgan fingerprint density at radius 2 is 1.00 bits per heavy atom. The Hall–Kier alpha value is -4.84. The molecule has 0 spiro atoms. The molecule has 18 heteroatoms. The van der Waals surface area contributed by atoms with Crippen molar-refractivity contribution in [1.29, 1.82) is 0 Å². The van der Waals surface area contributed by atoms with E-state index in [1.165, 1.54) is 35.7 Å². The lowest BCUT2D eigenvalue weighted by atomic mass is 9.81. The molecule has 0 heterocycles. The third-order valence-electron chi connectivity index (χ3n) is 7.20. The molecule has 1 aliphatic carbocycles. The van der Waals surface area contributed by atoms with Gasteiger partial charge in [0.15, 0.2) is 0 Å². The fraction of sp³-hybridized carbons (Fsp3) is 0.400. The van der Waals surface area contributed by atoms with Crippen molar-refractivity contribution in [3.63, 3.8) is 0 Å². The number of carbonyl (C=O) groups is 6. The molecule has 0 bridgehead atoms. The predicted octanol–water partition coefficient (Wildman–Crippen LogP) is 1.71. The minimum atomic E-state index is -1.33. The van der Waals surface area contributed by atoms with Crippen LogP contribution in [0.3, 0.4) is 0 Å². The van der Waals surface area contributed by atoms with Crippen molar-refractivity contribution in [2.24, 2.45) is 0 Å². The first-order valence-corrected chi connectivity index (χ1v) is 17.5. The van der Waals surface area contributed by atoms with Crippen LogP contribution in [0.25, 0.3) is 0 Å². The molecule has 1 aliphatic rings. The molecule has 2 atom stereocenters. The van der Waals surface area contributed by atoms with Crippen LogP contribution in [0.5, 0.6) is 11.5 Å². The highest BCUT2D eigenvalue weighted by Crippen LogP contribution is 2.42. The number of aromatic hydroxyl groups is 2. The number of thioether (sulfide) groups is 2. The number of fused-ring (bicyclic) bond motifs is 2. The molecule has 0 saturated carbocycles. The number of amides is 4. The molecule has 0 saturated heterocycles. The molecule has 48 heavy (non-hydrogen) atoms. The number of anilines is 2. The predicted molar refractivity (Wildman–Crippen MR) is 182 cm³/mol. The van der Waals surface area contributed by atoms with Crippen molar-refractivity contribution < 1.29 is 49.2 Å². The molecule has 2 aromatic carbocycles. The summed E-state index contributed by atoms with van der Waals surface area (Å²) in [6, 6.07) is 3.31. The quantitative estimate of drug-likeness (QED) is 0.0668. The number of carbonyl (C=O) groups excluding carboxylic acids is 4. The Bertz CT molecular complexity index is 1440. The number of nitrogens with one attached hydrogen (secondary N) is 6. The van der Waals surface area contributed by atoms with Crippen molar-refractivity contribution in [1.82, 2.24) is 21.3 Å². The molecule has 0 aromatic heterocycles. The van der Waals surface area contributed by atoms with Gasteiger partial charge in [0.1, 0.15) is 23.6 Å². The molecule has 0 unspecified atom stereocenters. The first-order chi connectivity index (χ1) is 22.9. The normalized spacial score (nSPS) is 13.0. The van der Waals surface area contributed by atoms with Gasteiger partial charge in [-0.3, -0.25) is 19.2 Å². The molecule has 2 aromatic rings. The van der Waals surface area contributed by atoms with E-state index in [1.807, 2.05) is 12.5 Å². The van der Waals surface area contributed by atoms with Crippen LogP contribution in [0.15, 0.2) is 24.3 Å². The van der Waals surface area contributed by atoms with Gasteiger partial charge in [-0.15, -0.1) is 0 Å². The topological polar surface area (TPSA) is 256 Å². The van der Waals surface area contributed by atoms with Crippen LogP contribution < -0.4 is 31.9 Å². The fourth-order valence-electron chi connectivity index (χ4n) is 4.98. The summed E-state index contributed by atoms with van der Waals surface area (Å²) in [7, 11) is 0. The number of phenolic OH excluding ortho intramolecular Hbond substituents is 2. The summed E-state index contributed by atoms with van der Waals surface area (Å²) in [4.78, 5) is 74.9. The number of ketones is 2. The van der Waals surface area contributed by atoms with Gasteiger partial charge in [-0.05, 0) is 61.1 Å². The lowest BCUT2D eigenvalue weighted by Gasteiger charge is -2.25. The highest BCUT2D eigenvalue weighted by molar-refractivity contribution is 7.98. The van der Waals surface area contributed by atoms with Crippen LogP contribution in [-0.2, 0) is 9.59 Å². The first kappa shape index (κ1) is 37.6. The summed E-state index contributed by atoms with van der Waals surface area (Å²) < 4.78 is 0. The molecule has 0 fully saturated rings. The number of hydrogen-bond acceptors (Lipinski definition) is 12. The highest BCUT2D eigenvalue weighted by Gasteiger charge is 2.38. The Labute approximate surface area is 284 Å². The lowest BCUT2D eigenvalue weighted by molar-refractivity contribution is -0.123. The summed E-state index contributed by atoms with van der Waals surface area (Å²) in [5.74, 6) is -2.44. The Kier molecular flexibility index (Phi) is 14.0. The molecule has 260 valence electrons. The van der Waals surface area contributed by atoms with Gasteiger partial charge in [-0.1, -0.05) is 0 Å². The Morgan fingerprint density at radius 3 is 1.33 bits per heavy atom. The van der Waals surface area contributed by atoms with Gasteiger partial charge in [-0.25, -0.2) is 9.59 Å². The summed E-state index contributed by atoms with van der Waals surface area (Å²) in [5.41, 5.74) is -0.532. The van der Waals surface area contributed by atoms with Crippen molar-refractivity contribution in [2.75, 3.05) is 60.8 Å². The zero-order chi connectivity index (χ0) is 35.4. The summed E-state index contributed by atoms with van der Waals surface area (Å²) >= 11 is 2.92. The second-order valence-corrected chi connectivity index (χ2v) is 12.4. The second kappa shape index (κ2) is 17.9. The summed E-state index contributed by atoms with van der Waals surface area (Å²) in [5, 5.41) is 54.8. The van der Waals surface area contributed by atoms with Crippen LogP contribution in [0.1, 0.15) is 44.7 Å². The standard InChI is InChI=1S/C30H38N6O10S2/c1-47-13-7-17(35-29(43)44)27(41)33-11-9-31-15-3-4-16(32-10-12-34-28(42)18(8-14-48-2)36-30(45)46)22-21(15)25(39)23-19(37)5-6-20(38)24(23)26(22)40/h3-6,17-18,31-32,35-38H,7-14H2,1-2H3,(H,33,41)(H,34,42)(H,43,44)(H,45,46)/t17-,18-/m0/s1. The third kappa shape index (κ3) is 9.60. The van der Waals surface area contributed by atoms with Crippen LogP contribution in [0.4, 0.5) is 21.0 Å². The summed E-state index contributed by atoms with van der Waals surface area (Å²) in [6.07, 6.45) is 1.55. The van der Waals surface area contributed by atoms with E-state index >= 15 is 0 Å². The van der Waals surface area contributed by atoms with Gasteiger partial charge >= 0.3 is 12.2 Å². The van der Waals surface area contributed by atoms with Gasteiger partial charge in [-0.2, -0.15) is 23.5 Å². The number of phenols is 2. The molecule has 16 nitrogen and oxygen atoms in total. The van der Waals surface area contributed by atoms with Crippen molar-refractivity contribution in [2.45, 2.75) is 24.9 Å². The monoisotopic (exact) mass is 706 g/mol. The van der Waals surface area contributed by atoms with Crippen molar-refractivity contribution in [3.05, 3.63) is 46.5 Å². The van der Waals surface area contributed by atoms with Gasteiger partial charge in [0, 0.05) is 37.6 Å². The maximum Gasteiger partial charge on any atom is 0.405 e. The average Bonchev–Trinajstić information content (AvgIpc) is 3.04. The van der Waals surface area contributed by atoms with Gasteiger partial charge < -0.3 is 52.3 Å². The van der Waals surface area contributed by atoms with Crippen LogP contribution in [-0.4, -0.2) is 118 Å². The summed E-state index contributed by atoms with van der Waals surface area (Å²) in [6.45, 7) is 0.205. The van der Waals surface area contributed by atoms with E-state index < -0.39 is 59.2 Å². The fourth-order valence-corrected chi connectivity index (χ4v) is 5.92. The van der Waals surface area contributed by atoms with Gasteiger partial charge in [0.05, 0.1) is 22.3 Å². The van der Waals surface area contributed by atoms with E-state index in [1.54, 1.807) is 0 Å². The molecule has 0 aliphatic heterocycles. The largest absolute Gasteiger partial charge is 0.507 e. The SMILES string of the molecule is CSCC[C@H](NC(=O)O)C(=O)NCCNc1ccc(NCCNC(=O)[C@H](CCSC)NC(=O)O)c2c1C(=O)c1c(O)ccc(O)c1C2=O. The Morgan fingerprint density at radius 1 is 0.625 bits per heavy atom. The number of hydrogen-bond donors (Lipinski definition) is 10. The lowest BCUT2D eigenvalue weighted by Crippen LogP contribution is -2.47. The van der Waals surface area contributed by atoms with Crippen molar-refractivity contribution in [3.8, 4) is 11.5 Å². The van der Waals surface area contributed by atoms with E-state index in [0.717, 1.165) is 12.1 Å². The van der Waals surface area contributed by atoms with Crippen molar-refractivity contribution >= 4 is 70.5 Å². The van der Waals surface area contributed by atoms with Gasteiger partial charge in [0.2, 0.25) is 23.4 Å². The number of carboxylic acid groups (broad SMARTS) is 2. The Balaban J connectivity index is 1.80. The highest BCUT2D eigenvalue weighted by atomic mass is 32.2. The minimum Gasteiger partial charge on any atom is -0.507 e. The number of rotatable bonds is 18. The maximum atomic E-state index is 13.8. The second-order valence-electron chi connectivity index (χ2n) is 10.4. The maximum absolute atomic E-state index is 13.8. The van der Waals surface area contributed by atoms with Crippen LogP contribution in [0.2, 0.25) is 0 Å². The zero-order valence-corrected chi connectivity index (χ0v) is 27.8. The molecule has 10 N–H and O–H groups in total.